The van der Waals surface area contributed by atoms with Crippen LogP contribution in [0.25, 0.3) is 0 Å². The largest absolute Gasteiger partial charge is 0.573 e. The van der Waals surface area contributed by atoms with Crippen molar-refractivity contribution >= 4 is 0 Å². The van der Waals surface area contributed by atoms with Crippen LogP contribution >= 0.6 is 0 Å². The zero-order valence-corrected chi connectivity index (χ0v) is 15.1. The lowest BCUT2D eigenvalue weighted by Crippen LogP contribution is -2.45. The van der Waals surface area contributed by atoms with Crippen molar-refractivity contribution in [2.45, 2.75) is 19.3 Å². The molecule has 0 bridgehead atoms. The number of ether oxygens (including phenoxy) is 2. The third-order valence-corrected chi connectivity index (χ3v) is 4.45. The molecule has 2 aromatic carbocycles. The molecule has 1 fully saturated rings. The molecule has 0 radical (unpaired) electrons. The first-order valence-corrected chi connectivity index (χ1v) is 8.99. The van der Waals surface area contributed by atoms with Gasteiger partial charge >= 0.3 is 6.36 Å². The molecule has 27 heavy (non-hydrogen) atoms. The maximum Gasteiger partial charge on any atom is 0.573 e. The Morgan fingerprint density at radius 2 is 1.44 bits per heavy atom. The summed E-state index contributed by atoms with van der Waals surface area (Å²) in [7, 11) is 0. The van der Waals surface area contributed by atoms with E-state index in [1.54, 1.807) is 12.1 Å². The highest BCUT2D eigenvalue weighted by atomic mass is 19.4. The van der Waals surface area contributed by atoms with E-state index in [0.717, 1.165) is 43.1 Å². The van der Waals surface area contributed by atoms with E-state index in [-0.39, 0.29) is 11.8 Å². The van der Waals surface area contributed by atoms with E-state index in [0.29, 0.717) is 6.61 Å². The molecule has 0 aliphatic carbocycles. The molecular formula is C20H23F3N2O2. The number of hydrogen-bond donors (Lipinski definition) is 1. The van der Waals surface area contributed by atoms with Crippen LogP contribution in [0.3, 0.4) is 0 Å². The topological polar surface area (TPSA) is 33.7 Å². The highest BCUT2D eigenvalue weighted by Crippen LogP contribution is 2.32. The summed E-state index contributed by atoms with van der Waals surface area (Å²) in [6, 6.07) is 14.0. The summed E-state index contributed by atoms with van der Waals surface area (Å²) >= 11 is 0. The molecule has 146 valence electrons. The lowest BCUT2D eigenvalue weighted by Gasteiger charge is -2.35. The molecule has 2 aromatic rings. The summed E-state index contributed by atoms with van der Waals surface area (Å²) < 4.78 is 46.7. The van der Waals surface area contributed by atoms with Gasteiger partial charge < -0.3 is 14.8 Å². The van der Waals surface area contributed by atoms with Crippen LogP contribution in [-0.2, 0) is 0 Å². The van der Waals surface area contributed by atoms with E-state index in [9.17, 15) is 13.2 Å². The fourth-order valence-electron chi connectivity index (χ4n) is 3.32. The first kappa shape index (κ1) is 19.5. The number of hydrogen-bond acceptors (Lipinski definition) is 4. The molecule has 1 saturated heterocycles. The van der Waals surface area contributed by atoms with Gasteiger partial charge in [-0.15, -0.1) is 13.2 Å². The quantitative estimate of drug-likeness (QED) is 0.822. The Balaban J connectivity index is 1.87. The van der Waals surface area contributed by atoms with E-state index < -0.39 is 6.36 Å². The smallest absolute Gasteiger partial charge is 0.494 e. The summed E-state index contributed by atoms with van der Waals surface area (Å²) in [6.45, 7) is 6.01. The molecule has 1 aliphatic rings. The minimum atomic E-state index is -4.69. The second-order valence-electron chi connectivity index (χ2n) is 6.31. The summed E-state index contributed by atoms with van der Waals surface area (Å²) in [5.41, 5.74) is 2.00. The SMILES string of the molecule is CCOc1ccc([C@@H](c2ccc(OC(F)(F)F)cc2)N2CCNCC2)cc1. The van der Waals surface area contributed by atoms with Gasteiger partial charge in [-0.05, 0) is 42.3 Å². The number of alkyl halides is 3. The van der Waals surface area contributed by atoms with Crippen LogP contribution < -0.4 is 14.8 Å². The van der Waals surface area contributed by atoms with Gasteiger partial charge in [-0.1, -0.05) is 24.3 Å². The Bertz CT molecular complexity index is 712. The number of nitrogens with zero attached hydrogens (tertiary/aromatic N) is 1. The molecule has 0 aromatic heterocycles. The zero-order chi connectivity index (χ0) is 19.3. The Kier molecular flexibility index (Phi) is 6.23. The van der Waals surface area contributed by atoms with Crippen LogP contribution in [0.4, 0.5) is 13.2 Å². The molecule has 3 rings (SSSR count). The van der Waals surface area contributed by atoms with Crippen molar-refractivity contribution in [1.82, 2.24) is 10.2 Å². The average Bonchev–Trinajstić information content (AvgIpc) is 2.65. The highest BCUT2D eigenvalue weighted by molar-refractivity contribution is 5.38. The molecule has 0 amide bonds. The van der Waals surface area contributed by atoms with Gasteiger partial charge in [0.25, 0.3) is 0 Å². The number of halogens is 3. The van der Waals surface area contributed by atoms with Crippen molar-refractivity contribution in [3.63, 3.8) is 0 Å². The first-order chi connectivity index (χ1) is 13.0. The first-order valence-electron chi connectivity index (χ1n) is 8.99. The molecule has 0 saturated carbocycles. The predicted octanol–water partition coefficient (Wildman–Crippen LogP) is 3.98. The van der Waals surface area contributed by atoms with Crippen molar-refractivity contribution in [2.75, 3.05) is 32.8 Å². The van der Waals surface area contributed by atoms with E-state index in [1.165, 1.54) is 12.1 Å². The fourth-order valence-corrected chi connectivity index (χ4v) is 3.32. The van der Waals surface area contributed by atoms with Gasteiger partial charge in [0, 0.05) is 26.2 Å². The average molecular weight is 380 g/mol. The van der Waals surface area contributed by atoms with Crippen molar-refractivity contribution in [1.29, 1.82) is 0 Å². The summed E-state index contributed by atoms with van der Waals surface area (Å²) in [4.78, 5) is 2.33. The van der Waals surface area contributed by atoms with E-state index >= 15 is 0 Å². The zero-order valence-electron chi connectivity index (χ0n) is 15.1. The van der Waals surface area contributed by atoms with E-state index in [4.69, 9.17) is 4.74 Å². The third kappa shape index (κ3) is 5.37. The summed E-state index contributed by atoms with van der Waals surface area (Å²) in [5.74, 6) is 0.589. The van der Waals surface area contributed by atoms with Crippen molar-refractivity contribution in [3.05, 3.63) is 59.7 Å². The van der Waals surface area contributed by atoms with Gasteiger partial charge in [0.1, 0.15) is 11.5 Å². The summed E-state index contributed by atoms with van der Waals surface area (Å²) in [5, 5.41) is 3.33. The van der Waals surface area contributed by atoms with Crippen LogP contribution in [0.2, 0.25) is 0 Å². The van der Waals surface area contributed by atoms with Gasteiger partial charge in [0.05, 0.1) is 12.6 Å². The number of nitrogens with one attached hydrogen (secondary N) is 1. The van der Waals surface area contributed by atoms with Crippen LogP contribution in [0.1, 0.15) is 24.1 Å². The van der Waals surface area contributed by atoms with Crippen LogP contribution in [0.15, 0.2) is 48.5 Å². The Morgan fingerprint density at radius 3 is 1.93 bits per heavy atom. The van der Waals surface area contributed by atoms with Gasteiger partial charge in [0.15, 0.2) is 0 Å². The maximum atomic E-state index is 12.4. The Labute approximate surface area is 156 Å². The minimum Gasteiger partial charge on any atom is -0.494 e. The van der Waals surface area contributed by atoms with Gasteiger partial charge in [-0.25, -0.2) is 0 Å². The van der Waals surface area contributed by atoms with Crippen molar-refractivity contribution < 1.29 is 22.6 Å². The second-order valence-corrected chi connectivity index (χ2v) is 6.31. The monoisotopic (exact) mass is 380 g/mol. The lowest BCUT2D eigenvalue weighted by molar-refractivity contribution is -0.274. The molecule has 0 unspecified atom stereocenters. The van der Waals surface area contributed by atoms with E-state index in [1.807, 2.05) is 31.2 Å². The molecule has 1 atom stereocenters. The molecular weight excluding hydrogens is 357 g/mol. The minimum absolute atomic E-state index is 0.0392. The van der Waals surface area contributed by atoms with Crippen LogP contribution in [0.5, 0.6) is 11.5 Å². The molecule has 4 nitrogen and oxygen atoms in total. The molecule has 1 N–H and O–H groups in total. The summed E-state index contributed by atoms with van der Waals surface area (Å²) in [6.07, 6.45) is -4.69. The molecule has 1 aliphatic heterocycles. The Morgan fingerprint density at radius 1 is 0.926 bits per heavy atom. The number of piperazine rings is 1. The van der Waals surface area contributed by atoms with Crippen molar-refractivity contribution in [2.24, 2.45) is 0 Å². The van der Waals surface area contributed by atoms with E-state index in [2.05, 4.69) is 15.0 Å². The second kappa shape index (κ2) is 8.63. The van der Waals surface area contributed by atoms with Crippen LogP contribution in [0, 0.1) is 0 Å². The Hall–Kier alpha value is -2.25. The number of benzene rings is 2. The van der Waals surface area contributed by atoms with Gasteiger partial charge in [-0.2, -0.15) is 0 Å². The van der Waals surface area contributed by atoms with Gasteiger partial charge in [0.2, 0.25) is 0 Å². The lowest BCUT2D eigenvalue weighted by atomic mass is 9.96. The molecule has 0 spiro atoms. The highest BCUT2D eigenvalue weighted by Gasteiger charge is 2.31. The van der Waals surface area contributed by atoms with Crippen molar-refractivity contribution in [3.8, 4) is 11.5 Å². The standard InChI is InChI=1S/C20H23F3N2O2/c1-2-26-17-7-3-15(4-8-17)19(25-13-11-24-12-14-25)16-5-9-18(10-6-16)27-20(21,22)23/h3-10,19,24H,2,11-14H2,1H3/t19-/m0/s1. The molecule has 7 heteroatoms. The van der Waals surface area contributed by atoms with Crippen LogP contribution in [-0.4, -0.2) is 44.0 Å². The van der Waals surface area contributed by atoms with Gasteiger partial charge in [-0.3, -0.25) is 4.90 Å². The molecule has 1 heterocycles. The fraction of sp³-hybridized carbons (Fsp3) is 0.400. The third-order valence-electron chi connectivity index (χ3n) is 4.45. The number of rotatable bonds is 6. The predicted molar refractivity (Wildman–Crippen MR) is 97.0 cm³/mol. The maximum absolute atomic E-state index is 12.4. The normalized spacial score (nSPS) is 16.7.